The number of hydrogen-bond donors (Lipinski definition) is 2. The minimum atomic E-state index is -0.113. The molecule has 0 unspecified atom stereocenters. The number of aromatic hydroxyl groups is 1. The van der Waals surface area contributed by atoms with E-state index in [4.69, 9.17) is 0 Å². The summed E-state index contributed by atoms with van der Waals surface area (Å²) in [4.78, 5) is 14.3. The number of thioether (sulfide) groups is 1. The molecule has 1 aliphatic carbocycles. The molecule has 118 valence electrons. The van der Waals surface area contributed by atoms with Crippen LogP contribution in [0.1, 0.15) is 28.8 Å². The molecule has 23 heavy (non-hydrogen) atoms. The number of thiophene rings is 1. The third-order valence-electron chi connectivity index (χ3n) is 3.74. The molecule has 2 aromatic rings. The lowest BCUT2D eigenvalue weighted by atomic mass is 9.96. The lowest BCUT2D eigenvalue weighted by Crippen LogP contribution is -2.13. The van der Waals surface area contributed by atoms with E-state index in [-0.39, 0.29) is 17.4 Å². The number of aryl methyl sites for hydroxylation is 1. The summed E-state index contributed by atoms with van der Waals surface area (Å²) in [6.07, 6.45) is 4.21. The summed E-state index contributed by atoms with van der Waals surface area (Å²) in [5.74, 6) is 0.373. The summed E-state index contributed by atoms with van der Waals surface area (Å²) in [5.41, 5.74) is 1.78. The Morgan fingerprint density at radius 2 is 2.04 bits per heavy atom. The predicted molar refractivity (Wildman–Crippen MR) is 93.1 cm³/mol. The lowest BCUT2D eigenvalue weighted by Gasteiger charge is -2.09. The molecule has 6 heteroatoms. The number of hydrogen-bond acceptors (Lipinski definition) is 5. The number of phenols is 1. The smallest absolute Gasteiger partial charge is 0.235 e. The number of amides is 1. The zero-order valence-electron chi connectivity index (χ0n) is 12.5. The second-order valence-electron chi connectivity index (χ2n) is 5.36. The molecular weight excluding hydrogens is 328 g/mol. The lowest BCUT2D eigenvalue weighted by molar-refractivity contribution is -0.113. The number of nitriles is 1. The summed E-state index contributed by atoms with van der Waals surface area (Å²) >= 11 is 2.95. The highest BCUT2D eigenvalue weighted by atomic mass is 32.2. The molecular formula is C17H16N2O2S2. The molecule has 1 aliphatic rings. The summed E-state index contributed by atoms with van der Waals surface area (Å²) in [6, 6.07) is 9.00. The number of rotatable bonds is 4. The van der Waals surface area contributed by atoms with E-state index in [0.717, 1.165) is 36.1 Å². The van der Waals surface area contributed by atoms with Crippen LogP contribution in [0.4, 0.5) is 5.00 Å². The van der Waals surface area contributed by atoms with Crippen molar-refractivity contribution in [2.45, 2.75) is 30.6 Å². The number of carbonyl (C=O) groups excluding carboxylic acids is 1. The van der Waals surface area contributed by atoms with Crippen LogP contribution in [0.2, 0.25) is 0 Å². The maximum Gasteiger partial charge on any atom is 0.235 e. The molecule has 3 rings (SSSR count). The van der Waals surface area contributed by atoms with Gasteiger partial charge in [-0.25, -0.2) is 0 Å². The number of benzene rings is 1. The molecule has 0 atom stereocenters. The first-order valence-corrected chi connectivity index (χ1v) is 9.24. The van der Waals surface area contributed by atoms with Crippen molar-refractivity contribution in [2.75, 3.05) is 11.1 Å². The van der Waals surface area contributed by atoms with E-state index >= 15 is 0 Å². The van der Waals surface area contributed by atoms with Crippen LogP contribution in [0.15, 0.2) is 29.2 Å². The van der Waals surface area contributed by atoms with Crippen molar-refractivity contribution in [1.82, 2.24) is 0 Å². The second-order valence-corrected chi connectivity index (χ2v) is 7.51. The second kappa shape index (κ2) is 7.07. The van der Waals surface area contributed by atoms with Crippen LogP contribution in [0.5, 0.6) is 5.75 Å². The van der Waals surface area contributed by atoms with Crippen molar-refractivity contribution < 1.29 is 9.90 Å². The average Bonchev–Trinajstić information content (AvgIpc) is 2.91. The molecule has 1 heterocycles. The summed E-state index contributed by atoms with van der Waals surface area (Å²) in [7, 11) is 0. The van der Waals surface area contributed by atoms with E-state index in [1.807, 2.05) is 0 Å². The SMILES string of the molecule is N#Cc1c(NC(=O)CSc2ccc(O)cc2)sc2c1CCCC2. The standard InChI is InChI=1S/C17H16N2O2S2/c18-9-14-13-3-1-2-4-15(13)23-17(14)19-16(21)10-22-12-7-5-11(20)6-8-12/h5-8,20H,1-4,10H2,(H,19,21). The van der Waals surface area contributed by atoms with E-state index in [2.05, 4.69) is 11.4 Å². The summed E-state index contributed by atoms with van der Waals surface area (Å²) in [6.45, 7) is 0. The van der Waals surface area contributed by atoms with Crippen LogP contribution in [-0.2, 0) is 17.6 Å². The van der Waals surface area contributed by atoms with E-state index < -0.39 is 0 Å². The van der Waals surface area contributed by atoms with Gasteiger partial charge < -0.3 is 10.4 Å². The summed E-state index contributed by atoms with van der Waals surface area (Å²) in [5, 5.41) is 22.2. The van der Waals surface area contributed by atoms with Crippen molar-refractivity contribution in [3.8, 4) is 11.8 Å². The number of anilines is 1. The third-order valence-corrected chi connectivity index (χ3v) is 5.96. The zero-order valence-corrected chi connectivity index (χ0v) is 14.1. The van der Waals surface area contributed by atoms with Crippen LogP contribution in [-0.4, -0.2) is 16.8 Å². The van der Waals surface area contributed by atoms with Crippen molar-refractivity contribution in [1.29, 1.82) is 5.26 Å². The van der Waals surface area contributed by atoms with E-state index in [9.17, 15) is 15.2 Å². The van der Waals surface area contributed by atoms with Gasteiger partial charge in [0.25, 0.3) is 0 Å². The molecule has 0 radical (unpaired) electrons. The Labute approximate surface area is 143 Å². The Kier molecular flexibility index (Phi) is 4.89. The largest absolute Gasteiger partial charge is 0.508 e. The van der Waals surface area contributed by atoms with Crippen molar-refractivity contribution in [3.05, 3.63) is 40.3 Å². The topological polar surface area (TPSA) is 73.1 Å². The Morgan fingerprint density at radius 3 is 2.78 bits per heavy atom. The van der Waals surface area contributed by atoms with Gasteiger partial charge in [-0.1, -0.05) is 0 Å². The van der Waals surface area contributed by atoms with Gasteiger partial charge in [0.1, 0.15) is 16.8 Å². The van der Waals surface area contributed by atoms with Crippen LogP contribution in [0.25, 0.3) is 0 Å². The molecule has 1 amide bonds. The molecule has 1 aromatic carbocycles. The van der Waals surface area contributed by atoms with Crippen molar-refractivity contribution in [2.24, 2.45) is 0 Å². The highest BCUT2D eigenvalue weighted by Crippen LogP contribution is 2.37. The van der Waals surface area contributed by atoms with Crippen LogP contribution < -0.4 is 5.32 Å². The van der Waals surface area contributed by atoms with Gasteiger partial charge >= 0.3 is 0 Å². The molecule has 0 saturated carbocycles. The first-order valence-electron chi connectivity index (χ1n) is 7.43. The van der Waals surface area contributed by atoms with Gasteiger partial charge in [0, 0.05) is 9.77 Å². The first-order chi connectivity index (χ1) is 11.2. The van der Waals surface area contributed by atoms with Crippen LogP contribution >= 0.6 is 23.1 Å². The number of phenolic OH excluding ortho intramolecular Hbond substituents is 1. The van der Waals surface area contributed by atoms with E-state index in [1.165, 1.54) is 16.6 Å². The highest BCUT2D eigenvalue weighted by molar-refractivity contribution is 8.00. The van der Waals surface area contributed by atoms with Gasteiger partial charge in [-0.05, 0) is 55.5 Å². The molecule has 2 N–H and O–H groups in total. The van der Waals surface area contributed by atoms with Gasteiger partial charge in [0.2, 0.25) is 5.91 Å². The Morgan fingerprint density at radius 1 is 1.30 bits per heavy atom. The van der Waals surface area contributed by atoms with Crippen LogP contribution in [0.3, 0.4) is 0 Å². The minimum Gasteiger partial charge on any atom is -0.508 e. The van der Waals surface area contributed by atoms with Gasteiger partial charge in [0.05, 0.1) is 11.3 Å². The Bertz CT molecular complexity index is 760. The number of fused-ring (bicyclic) bond motifs is 1. The molecule has 0 fully saturated rings. The zero-order chi connectivity index (χ0) is 16.2. The van der Waals surface area contributed by atoms with Gasteiger partial charge in [0.15, 0.2) is 0 Å². The quantitative estimate of drug-likeness (QED) is 0.824. The van der Waals surface area contributed by atoms with E-state index in [0.29, 0.717) is 10.6 Å². The normalized spacial score (nSPS) is 13.2. The first kappa shape index (κ1) is 15.9. The molecule has 1 aromatic heterocycles. The van der Waals surface area contributed by atoms with E-state index in [1.54, 1.807) is 35.6 Å². The predicted octanol–water partition coefficient (Wildman–Crippen LogP) is 3.93. The van der Waals surface area contributed by atoms with Crippen molar-refractivity contribution in [3.63, 3.8) is 0 Å². The Balaban J connectivity index is 1.65. The average molecular weight is 344 g/mol. The molecule has 0 aliphatic heterocycles. The number of nitrogens with zero attached hydrogens (tertiary/aromatic N) is 1. The number of carbonyl (C=O) groups is 1. The molecule has 0 bridgehead atoms. The Hall–Kier alpha value is -1.97. The fourth-order valence-corrected chi connectivity index (χ4v) is 4.58. The fourth-order valence-electron chi connectivity index (χ4n) is 2.63. The minimum absolute atomic E-state index is 0.113. The maximum absolute atomic E-state index is 12.1. The third kappa shape index (κ3) is 3.69. The highest BCUT2D eigenvalue weighted by Gasteiger charge is 2.21. The van der Waals surface area contributed by atoms with Gasteiger partial charge in [-0.3, -0.25) is 4.79 Å². The summed E-state index contributed by atoms with van der Waals surface area (Å²) < 4.78 is 0. The fraction of sp³-hybridized carbons (Fsp3) is 0.294. The molecule has 4 nitrogen and oxygen atoms in total. The molecule has 0 spiro atoms. The van der Waals surface area contributed by atoms with Gasteiger partial charge in [-0.15, -0.1) is 23.1 Å². The molecule has 0 saturated heterocycles. The van der Waals surface area contributed by atoms with Gasteiger partial charge in [-0.2, -0.15) is 5.26 Å². The van der Waals surface area contributed by atoms with Crippen LogP contribution in [0, 0.1) is 11.3 Å². The maximum atomic E-state index is 12.1. The number of nitrogens with one attached hydrogen (secondary N) is 1. The monoisotopic (exact) mass is 344 g/mol. The van der Waals surface area contributed by atoms with Crippen molar-refractivity contribution >= 4 is 34.0 Å².